The largest absolute Gasteiger partial charge is 0.338 e. The van der Waals surface area contributed by atoms with Gasteiger partial charge in [0.25, 0.3) is 0 Å². The van der Waals surface area contributed by atoms with Crippen molar-refractivity contribution < 1.29 is 4.79 Å². The molecule has 1 rings (SSSR count). The number of carbonyl (C=O) groups is 1. The van der Waals surface area contributed by atoms with Gasteiger partial charge in [0, 0.05) is 18.5 Å². The zero-order valence-electron chi connectivity index (χ0n) is 14.2. The Morgan fingerprint density at radius 2 is 1.58 bits per heavy atom. The summed E-state index contributed by atoms with van der Waals surface area (Å²) >= 11 is 0. The lowest BCUT2D eigenvalue weighted by Gasteiger charge is -2.52. The van der Waals surface area contributed by atoms with Gasteiger partial charge >= 0.3 is 0 Å². The van der Waals surface area contributed by atoms with Crippen molar-refractivity contribution in [3.63, 3.8) is 0 Å². The van der Waals surface area contributed by atoms with Crippen LogP contribution in [0.5, 0.6) is 0 Å². The Kier molecular flexibility index (Phi) is 5.08. The summed E-state index contributed by atoms with van der Waals surface area (Å²) in [5.74, 6) is 2.21. The number of piperidine rings is 1. The van der Waals surface area contributed by atoms with Crippen molar-refractivity contribution in [1.82, 2.24) is 4.90 Å². The molecule has 2 heteroatoms. The number of carbonyl (C=O) groups excluding carboxylic acids is 1. The van der Waals surface area contributed by atoms with Gasteiger partial charge in [-0.15, -0.1) is 0 Å². The maximum atomic E-state index is 12.6. The number of rotatable bonds is 3. The van der Waals surface area contributed by atoms with Crippen LogP contribution in [0.25, 0.3) is 0 Å². The maximum absolute atomic E-state index is 12.6. The van der Waals surface area contributed by atoms with Crippen LogP contribution in [0.1, 0.15) is 61.8 Å². The zero-order valence-corrected chi connectivity index (χ0v) is 14.2. The molecule has 112 valence electrons. The molecule has 0 unspecified atom stereocenters. The highest BCUT2D eigenvalue weighted by atomic mass is 16.2. The summed E-state index contributed by atoms with van der Waals surface area (Å²) < 4.78 is 0. The van der Waals surface area contributed by atoms with Crippen LogP contribution in [-0.4, -0.2) is 23.4 Å². The minimum atomic E-state index is 0.1000. The normalized spacial score (nSPS) is 27.4. The van der Waals surface area contributed by atoms with Gasteiger partial charge in [-0.1, -0.05) is 55.4 Å². The maximum Gasteiger partial charge on any atom is 0.225 e. The van der Waals surface area contributed by atoms with E-state index in [1.807, 2.05) is 13.8 Å². The van der Waals surface area contributed by atoms with Gasteiger partial charge in [-0.05, 0) is 29.6 Å². The standard InChI is InChI=1S/C17H33NO/c1-11(2)14-9-17(7,8)10-18(15(14)12(3)4)16(19)13(5)6/h11-15H,9-10H2,1-8H3/t14-,15+/m0/s1. The predicted octanol–water partition coefficient (Wildman–Crippen LogP) is 4.20. The summed E-state index contributed by atoms with van der Waals surface area (Å²) in [6.45, 7) is 18.7. The average Bonchev–Trinajstić information content (AvgIpc) is 2.24. The molecular weight excluding hydrogens is 234 g/mol. The third kappa shape index (κ3) is 3.73. The molecule has 0 aromatic carbocycles. The molecule has 1 aliphatic rings. The van der Waals surface area contributed by atoms with E-state index in [2.05, 4.69) is 46.4 Å². The van der Waals surface area contributed by atoms with Gasteiger partial charge in [-0.2, -0.15) is 0 Å². The molecule has 0 spiro atoms. The minimum Gasteiger partial charge on any atom is -0.338 e. The van der Waals surface area contributed by atoms with Crippen molar-refractivity contribution in [3.05, 3.63) is 0 Å². The Balaban J connectivity index is 3.11. The number of nitrogens with zero attached hydrogens (tertiary/aromatic N) is 1. The fourth-order valence-corrected chi connectivity index (χ4v) is 3.66. The van der Waals surface area contributed by atoms with Crippen LogP contribution < -0.4 is 0 Å². The number of amides is 1. The lowest BCUT2D eigenvalue weighted by molar-refractivity contribution is -0.147. The molecule has 0 aliphatic carbocycles. The van der Waals surface area contributed by atoms with Crippen molar-refractivity contribution in [2.75, 3.05) is 6.54 Å². The molecule has 19 heavy (non-hydrogen) atoms. The Hall–Kier alpha value is -0.530. The summed E-state index contributed by atoms with van der Waals surface area (Å²) in [7, 11) is 0. The van der Waals surface area contributed by atoms with Gasteiger partial charge in [-0.25, -0.2) is 0 Å². The smallest absolute Gasteiger partial charge is 0.225 e. The molecule has 1 fully saturated rings. The van der Waals surface area contributed by atoms with E-state index in [0.717, 1.165) is 6.54 Å². The van der Waals surface area contributed by atoms with Crippen molar-refractivity contribution in [2.45, 2.75) is 67.9 Å². The van der Waals surface area contributed by atoms with Crippen molar-refractivity contribution in [1.29, 1.82) is 0 Å². The molecule has 2 atom stereocenters. The van der Waals surface area contributed by atoms with Crippen LogP contribution in [0.15, 0.2) is 0 Å². The topological polar surface area (TPSA) is 20.3 Å². The second-order valence-corrected chi connectivity index (χ2v) is 8.13. The molecule has 1 heterocycles. The summed E-state index contributed by atoms with van der Waals surface area (Å²) in [5.41, 5.74) is 0.241. The molecule has 0 bridgehead atoms. The SMILES string of the molecule is CC(C)C(=O)N1CC(C)(C)C[C@@H](C(C)C)[C@H]1C(C)C. The molecule has 1 amide bonds. The Bertz CT molecular complexity index is 317. The summed E-state index contributed by atoms with van der Waals surface area (Å²) in [6, 6.07) is 0.405. The molecule has 0 aromatic rings. The van der Waals surface area contributed by atoms with Crippen LogP contribution in [0.3, 0.4) is 0 Å². The van der Waals surface area contributed by atoms with Crippen LogP contribution in [0.2, 0.25) is 0 Å². The molecule has 0 aromatic heterocycles. The third-order valence-corrected chi connectivity index (χ3v) is 4.50. The fraction of sp³-hybridized carbons (Fsp3) is 0.941. The van der Waals surface area contributed by atoms with Crippen LogP contribution in [0, 0.1) is 29.1 Å². The van der Waals surface area contributed by atoms with Crippen molar-refractivity contribution >= 4 is 5.91 Å². The average molecular weight is 267 g/mol. The monoisotopic (exact) mass is 267 g/mol. The van der Waals surface area contributed by atoms with Gasteiger partial charge in [0.2, 0.25) is 5.91 Å². The van der Waals surface area contributed by atoms with E-state index in [0.29, 0.717) is 29.7 Å². The highest BCUT2D eigenvalue weighted by molar-refractivity contribution is 5.78. The number of hydrogen-bond acceptors (Lipinski definition) is 1. The fourth-order valence-electron chi connectivity index (χ4n) is 3.66. The van der Waals surface area contributed by atoms with E-state index < -0.39 is 0 Å². The van der Waals surface area contributed by atoms with Gasteiger partial charge in [0.15, 0.2) is 0 Å². The minimum absolute atomic E-state index is 0.1000. The first kappa shape index (κ1) is 16.5. The molecule has 0 saturated carbocycles. The first-order valence-electron chi connectivity index (χ1n) is 7.87. The number of hydrogen-bond donors (Lipinski definition) is 0. The van der Waals surface area contributed by atoms with Gasteiger partial charge in [0.05, 0.1) is 0 Å². The summed E-state index contributed by atoms with van der Waals surface area (Å²) in [4.78, 5) is 14.8. The van der Waals surface area contributed by atoms with Gasteiger partial charge < -0.3 is 4.90 Å². The molecule has 1 saturated heterocycles. The lowest BCUT2D eigenvalue weighted by Crippen LogP contribution is -2.58. The van der Waals surface area contributed by atoms with E-state index in [1.165, 1.54) is 6.42 Å². The summed E-state index contributed by atoms with van der Waals surface area (Å²) in [5, 5.41) is 0. The Morgan fingerprint density at radius 1 is 1.05 bits per heavy atom. The first-order chi connectivity index (χ1) is 8.57. The molecule has 1 aliphatic heterocycles. The van der Waals surface area contributed by atoms with E-state index in [-0.39, 0.29) is 11.3 Å². The van der Waals surface area contributed by atoms with E-state index in [1.54, 1.807) is 0 Å². The Morgan fingerprint density at radius 3 is 1.95 bits per heavy atom. The Labute approximate surface area is 119 Å². The highest BCUT2D eigenvalue weighted by Crippen LogP contribution is 2.42. The molecule has 0 N–H and O–H groups in total. The first-order valence-corrected chi connectivity index (χ1v) is 7.87. The second kappa shape index (κ2) is 5.85. The van der Waals surface area contributed by atoms with Gasteiger partial charge in [0.1, 0.15) is 0 Å². The lowest BCUT2D eigenvalue weighted by atomic mass is 9.68. The zero-order chi connectivity index (χ0) is 15.0. The van der Waals surface area contributed by atoms with Crippen molar-refractivity contribution in [2.24, 2.45) is 29.1 Å². The molecule has 2 nitrogen and oxygen atoms in total. The molecule has 0 radical (unpaired) electrons. The van der Waals surface area contributed by atoms with E-state index in [9.17, 15) is 4.79 Å². The third-order valence-electron chi connectivity index (χ3n) is 4.50. The highest BCUT2D eigenvalue weighted by Gasteiger charge is 2.44. The van der Waals surface area contributed by atoms with Gasteiger partial charge in [-0.3, -0.25) is 4.79 Å². The van der Waals surface area contributed by atoms with E-state index in [4.69, 9.17) is 0 Å². The summed E-state index contributed by atoms with van der Waals surface area (Å²) in [6.07, 6.45) is 1.23. The number of likely N-dealkylation sites (tertiary alicyclic amines) is 1. The quantitative estimate of drug-likeness (QED) is 0.750. The van der Waals surface area contributed by atoms with Crippen LogP contribution >= 0.6 is 0 Å². The second-order valence-electron chi connectivity index (χ2n) is 8.13. The van der Waals surface area contributed by atoms with Crippen LogP contribution in [0.4, 0.5) is 0 Å². The molecular formula is C17H33NO. The van der Waals surface area contributed by atoms with Crippen LogP contribution in [-0.2, 0) is 4.79 Å². The van der Waals surface area contributed by atoms with Crippen molar-refractivity contribution in [3.8, 4) is 0 Å². The predicted molar refractivity (Wildman–Crippen MR) is 81.9 cm³/mol. The van der Waals surface area contributed by atoms with E-state index >= 15 is 0 Å².